The molecule has 15 heavy (non-hydrogen) atoms. The van der Waals surface area contributed by atoms with Gasteiger partial charge in [0.25, 0.3) is 0 Å². The molecule has 3 heteroatoms. The Labute approximate surface area is 91.9 Å². The van der Waals surface area contributed by atoms with E-state index in [2.05, 4.69) is 19.2 Å². The van der Waals surface area contributed by atoms with Gasteiger partial charge in [0.1, 0.15) is 0 Å². The van der Waals surface area contributed by atoms with Gasteiger partial charge in [-0.3, -0.25) is 0 Å². The molecule has 0 radical (unpaired) electrons. The third-order valence-electron chi connectivity index (χ3n) is 4.65. The quantitative estimate of drug-likeness (QED) is 0.639. The molecule has 1 heterocycles. The molecule has 3 N–H and O–H groups in total. The molecular weight excluding hydrogens is 190 g/mol. The summed E-state index contributed by atoms with van der Waals surface area (Å²) in [5.74, 6) is 0. The van der Waals surface area contributed by atoms with Gasteiger partial charge in [-0.2, -0.15) is 0 Å². The van der Waals surface area contributed by atoms with Crippen LogP contribution in [0, 0.1) is 10.8 Å². The molecule has 2 aliphatic rings. The molecule has 3 nitrogen and oxygen atoms in total. The Morgan fingerprint density at radius 2 is 1.60 bits per heavy atom. The number of aliphatic hydroxyl groups excluding tert-OH is 1. The van der Waals surface area contributed by atoms with Crippen LogP contribution in [0.4, 0.5) is 0 Å². The molecular formula is C12H23NO2. The van der Waals surface area contributed by atoms with E-state index in [4.69, 9.17) is 0 Å². The topological polar surface area (TPSA) is 52.5 Å². The van der Waals surface area contributed by atoms with Gasteiger partial charge < -0.3 is 15.5 Å². The number of rotatable bonds is 2. The number of aliphatic hydroxyl groups is 2. The van der Waals surface area contributed by atoms with Crippen molar-refractivity contribution < 1.29 is 10.2 Å². The van der Waals surface area contributed by atoms with Crippen LogP contribution in [0.25, 0.3) is 0 Å². The molecule has 0 aromatic carbocycles. The van der Waals surface area contributed by atoms with E-state index in [0.717, 1.165) is 38.8 Å². The third-order valence-corrected chi connectivity index (χ3v) is 4.65. The van der Waals surface area contributed by atoms with Crippen molar-refractivity contribution in [1.82, 2.24) is 5.32 Å². The van der Waals surface area contributed by atoms with E-state index in [9.17, 15) is 10.2 Å². The third kappa shape index (κ3) is 1.71. The maximum absolute atomic E-state index is 10.7. The molecule has 1 aliphatic carbocycles. The molecule has 0 spiro atoms. The van der Waals surface area contributed by atoms with Crippen LogP contribution < -0.4 is 5.32 Å². The number of nitrogens with one attached hydrogen (secondary N) is 1. The lowest BCUT2D eigenvalue weighted by molar-refractivity contribution is -0.164. The summed E-state index contributed by atoms with van der Waals surface area (Å²) in [5.41, 5.74) is -0.536. The fourth-order valence-corrected chi connectivity index (χ4v) is 2.89. The van der Waals surface area contributed by atoms with E-state index in [-0.39, 0.29) is 12.0 Å². The standard InChI is InChI=1S/C12H23NO2/c1-10(2)3-5-12(15,6-4-10)11(9-14)7-13-8-11/h13-15H,3-9H2,1-2H3. The fourth-order valence-electron chi connectivity index (χ4n) is 2.89. The summed E-state index contributed by atoms with van der Waals surface area (Å²) in [5, 5.41) is 23.3. The average Bonchev–Trinajstić information content (AvgIpc) is 2.10. The molecule has 0 aromatic heterocycles. The second kappa shape index (κ2) is 3.44. The highest BCUT2D eigenvalue weighted by atomic mass is 16.3. The minimum absolute atomic E-state index is 0.108. The second-order valence-corrected chi connectivity index (χ2v) is 6.24. The first kappa shape index (κ1) is 11.4. The van der Waals surface area contributed by atoms with Gasteiger partial charge in [-0.05, 0) is 31.1 Å². The molecule has 0 aromatic rings. The first-order valence-electron chi connectivity index (χ1n) is 5.97. The maximum atomic E-state index is 10.7. The Kier molecular flexibility index (Phi) is 2.61. The number of hydrogen-bond acceptors (Lipinski definition) is 3. The van der Waals surface area contributed by atoms with Gasteiger partial charge in [0.2, 0.25) is 0 Å². The van der Waals surface area contributed by atoms with Crippen molar-refractivity contribution in [2.24, 2.45) is 10.8 Å². The summed E-state index contributed by atoms with van der Waals surface area (Å²) >= 11 is 0. The predicted molar refractivity (Wildman–Crippen MR) is 59.6 cm³/mol. The van der Waals surface area contributed by atoms with Gasteiger partial charge in [-0.1, -0.05) is 13.8 Å². The minimum atomic E-state index is -0.636. The average molecular weight is 213 g/mol. The SMILES string of the molecule is CC1(C)CCC(O)(C2(CO)CNC2)CC1. The van der Waals surface area contributed by atoms with Crippen molar-refractivity contribution in [3.05, 3.63) is 0 Å². The minimum Gasteiger partial charge on any atom is -0.396 e. The predicted octanol–water partition coefficient (Wildman–Crippen LogP) is 0.900. The van der Waals surface area contributed by atoms with Crippen LogP contribution in [-0.2, 0) is 0 Å². The monoisotopic (exact) mass is 213 g/mol. The van der Waals surface area contributed by atoms with Crippen LogP contribution >= 0.6 is 0 Å². The number of hydrogen-bond donors (Lipinski definition) is 3. The zero-order valence-corrected chi connectivity index (χ0v) is 9.84. The van der Waals surface area contributed by atoms with Crippen LogP contribution in [0.2, 0.25) is 0 Å². The highest BCUT2D eigenvalue weighted by molar-refractivity contribution is 5.08. The fraction of sp³-hybridized carbons (Fsp3) is 1.00. The molecule has 1 saturated carbocycles. The van der Waals surface area contributed by atoms with E-state index in [1.807, 2.05) is 0 Å². The molecule has 1 aliphatic heterocycles. The molecule has 88 valence electrons. The molecule has 2 fully saturated rings. The van der Waals surface area contributed by atoms with Gasteiger partial charge in [0, 0.05) is 18.5 Å². The Morgan fingerprint density at radius 3 is 1.93 bits per heavy atom. The van der Waals surface area contributed by atoms with E-state index in [0.29, 0.717) is 5.41 Å². The van der Waals surface area contributed by atoms with Gasteiger partial charge in [0.05, 0.1) is 12.2 Å². The first-order valence-corrected chi connectivity index (χ1v) is 5.97. The highest BCUT2D eigenvalue weighted by Gasteiger charge is 2.55. The summed E-state index contributed by atoms with van der Waals surface area (Å²) in [4.78, 5) is 0. The summed E-state index contributed by atoms with van der Waals surface area (Å²) in [6.07, 6.45) is 3.79. The van der Waals surface area contributed by atoms with E-state index >= 15 is 0 Å². The molecule has 0 atom stereocenters. The zero-order chi connectivity index (χ0) is 11.2. The van der Waals surface area contributed by atoms with Gasteiger partial charge in [0.15, 0.2) is 0 Å². The molecule has 0 bridgehead atoms. The normalized spacial score (nSPS) is 32.0. The Balaban J connectivity index is 2.08. The van der Waals surface area contributed by atoms with Crippen molar-refractivity contribution >= 4 is 0 Å². The van der Waals surface area contributed by atoms with Crippen molar-refractivity contribution in [2.45, 2.75) is 45.1 Å². The lowest BCUT2D eigenvalue weighted by Gasteiger charge is -2.56. The molecule has 0 amide bonds. The molecule has 0 unspecified atom stereocenters. The Hall–Kier alpha value is -0.120. The largest absolute Gasteiger partial charge is 0.396 e. The summed E-state index contributed by atoms with van der Waals surface area (Å²) in [6.45, 7) is 6.16. The van der Waals surface area contributed by atoms with Crippen LogP contribution in [0.1, 0.15) is 39.5 Å². The van der Waals surface area contributed by atoms with Crippen LogP contribution in [0.15, 0.2) is 0 Å². The second-order valence-electron chi connectivity index (χ2n) is 6.24. The smallest absolute Gasteiger partial charge is 0.0750 e. The van der Waals surface area contributed by atoms with Gasteiger partial charge in [-0.25, -0.2) is 0 Å². The lowest BCUT2D eigenvalue weighted by Crippen LogP contribution is -2.68. The van der Waals surface area contributed by atoms with Crippen molar-refractivity contribution in [3.8, 4) is 0 Å². The first-order chi connectivity index (χ1) is 6.93. The summed E-state index contributed by atoms with van der Waals surface area (Å²) in [7, 11) is 0. The van der Waals surface area contributed by atoms with Crippen LogP contribution in [0.3, 0.4) is 0 Å². The lowest BCUT2D eigenvalue weighted by atomic mass is 9.58. The van der Waals surface area contributed by atoms with Crippen molar-refractivity contribution in [1.29, 1.82) is 0 Å². The van der Waals surface area contributed by atoms with E-state index < -0.39 is 5.60 Å². The maximum Gasteiger partial charge on any atom is 0.0750 e. The van der Waals surface area contributed by atoms with E-state index in [1.54, 1.807) is 0 Å². The highest BCUT2D eigenvalue weighted by Crippen LogP contribution is 2.49. The molecule has 2 rings (SSSR count). The van der Waals surface area contributed by atoms with Crippen LogP contribution in [-0.4, -0.2) is 35.5 Å². The van der Waals surface area contributed by atoms with Crippen molar-refractivity contribution in [2.75, 3.05) is 19.7 Å². The Bertz CT molecular complexity index is 230. The molecule has 1 saturated heterocycles. The van der Waals surface area contributed by atoms with Crippen molar-refractivity contribution in [3.63, 3.8) is 0 Å². The van der Waals surface area contributed by atoms with Crippen LogP contribution in [0.5, 0.6) is 0 Å². The van der Waals surface area contributed by atoms with E-state index in [1.165, 1.54) is 0 Å². The zero-order valence-electron chi connectivity index (χ0n) is 9.84. The summed E-state index contributed by atoms with van der Waals surface area (Å²) < 4.78 is 0. The summed E-state index contributed by atoms with van der Waals surface area (Å²) in [6, 6.07) is 0. The van der Waals surface area contributed by atoms with Gasteiger partial charge >= 0.3 is 0 Å². The van der Waals surface area contributed by atoms with Gasteiger partial charge in [-0.15, -0.1) is 0 Å². The Morgan fingerprint density at radius 1 is 1.07 bits per heavy atom.